The van der Waals surface area contributed by atoms with E-state index in [0.29, 0.717) is 11.7 Å². The molecule has 0 heterocycles. The van der Waals surface area contributed by atoms with Gasteiger partial charge in [0.1, 0.15) is 0 Å². The second kappa shape index (κ2) is 7.39. The summed E-state index contributed by atoms with van der Waals surface area (Å²) >= 11 is 1.91. The topological polar surface area (TPSA) is 29.1 Å². The Hall–Kier alpha value is -1.22. The third-order valence-electron chi connectivity index (χ3n) is 3.34. The van der Waals surface area contributed by atoms with E-state index in [2.05, 4.69) is 18.0 Å². The zero-order valence-electron chi connectivity index (χ0n) is 11.2. The van der Waals surface area contributed by atoms with Gasteiger partial charge >= 0.3 is 0 Å². The van der Waals surface area contributed by atoms with Crippen LogP contribution >= 0.6 is 11.8 Å². The lowest BCUT2D eigenvalue weighted by Crippen LogP contribution is -2.12. The van der Waals surface area contributed by atoms with E-state index in [1.807, 2.05) is 30.0 Å². The first-order valence-electron chi connectivity index (χ1n) is 6.96. The van der Waals surface area contributed by atoms with Crippen LogP contribution in [0.25, 0.3) is 0 Å². The highest BCUT2D eigenvalue weighted by atomic mass is 32.2. The number of hydrogen-bond acceptors (Lipinski definition) is 2. The second-order valence-electron chi connectivity index (χ2n) is 4.92. The molecule has 2 rings (SSSR count). The lowest BCUT2D eigenvalue weighted by molar-refractivity contribution is -0.115. The van der Waals surface area contributed by atoms with Crippen LogP contribution < -0.4 is 5.32 Å². The molecule has 1 aromatic rings. The Balaban J connectivity index is 2.02. The fraction of sp³-hybridized carbons (Fsp3) is 0.438. The minimum atomic E-state index is 0.00620. The fourth-order valence-electron chi connectivity index (χ4n) is 2.37. The van der Waals surface area contributed by atoms with Gasteiger partial charge in [0.05, 0.1) is 5.69 Å². The molecule has 0 spiro atoms. The molecule has 0 radical (unpaired) electrons. The van der Waals surface area contributed by atoms with Crippen LogP contribution in [0.4, 0.5) is 5.69 Å². The van der Waals surface area contributed by atoms with Gasteiger partial charge in [0.15, 0.2) is 0 Å². The summed E-state index contributed by atoms with van der Waals surface area (Å²) in [5, 5.41) is 3.67. The van der Waals surface area contributed by atoms with Gasteiger partial charge in [0, 0.05) is 16.6 Å². The summed E-state index contributed by atoms with van der Waals surface area (Å²) in [7, 11) is 0. The summed E-state index contributed by atoms with van der Waals surface area (Å²) in [5.41, 5.74) is 0.935. The van der Waals surface area contributed by atoms with Crippen LogP contribution in [0.5, 0.6) is 0 Å². The lowest BCUT2D eigenvalue weighted by Gasteiger charge is -2.22. The minimum Gasteiger partial charge on any atom is -0.325 e. The van der Waals surface area contributed by atoms with Crippen LogP contribution in [0.3, 0.4) is 0 Å². The molecule has 2 nitrogen and oxygen atoms in total. The number of carbonyl (C=O) groups is 1. The molecule has 0 atom stereocenters. The number of amides is 1. The number of rotatable bonds is 5. The molecular formula is C16H21NOS. The molecule has 1 N–H and O–H groups in total. The number of para-hydroxylation sites is 1. The highest BCUT2D eigenvalue weighted by Crippen LogP contribution is 2.37. The first kappa shape index (κ1) is 14.2. The van der Waals surface area contributed by atoms with E-state index in [1.165, 1.54) is 37.0 Å². The van der Waals surface area contributed by atoms with E-state index in [-0.39, 0.29) is 5.91 Å². The van der Waals surface area contributed by atoms with E-state index in [9.17, 15) is 4.79 Å². The van der Waals surface area contributed by atoms with E-state index in [4.69, 9.17) is 0 Å². The van der Waals surface area contributed by atoms with E-state index in [0.717, 1.165) is 5.69 Å². The molecule has 0 saturated heterocycles. The Morgan fingerprint density at radius 3 is 2.79 bits per heavy atom. The molecule has 1 amide bonds. The predicted molar refractivity (Wildman–Crippen MR) is 82.6 cm³/mol. The molecular weight excluding hydrogens is 254 g/mol. The first-order chi connectivity index (χ1) is 9.29. The normalized spacial score (nSPS) is 16.0. The predicted octanol–water partition coefficient (Wildman–Crippen LogP) is 4.63. The van der Waals surface area contributed by atoms with Crippen LogP contribution in [0.1, 0.15) is 38.5 Å². The van der Waals surface area contributed by atoms with Crippen molar-refractivity contribution in [3.63, 3.8) is 0 Å². The Kier molecular flexibility index (Phi) is 5.52. The molecule has 3 heteroatoms. The molecule has 1 fully saturated rings. The standard InChI is InChI=1S/C16H21NOS/c1-2-8-16(18)17-14-11-6-7-12-15(14)19-13-9-4-3-5-10-13/h2,6-7,11-13H,1,3-5,8-10H2,(H,17,18). The molecule has 0 bridgehead atoms. The zero-order valence-corrected chi connectivity index (χ0v) is 12.0. The summed E-state index contributed by atoms with van der Waals surface area (Å²) < 4.78 is 0. The third kappa shape index (κ3) is 4.43. The van der Waals surface area contributed by atoms with Crippen LogP contribution in [0.2, 0.25) is 0 Å². The monoisotopic (exact) mass is 275 g/mol. The van der Waals surface area contributed by atoms with Crippen molar-refractivity contribution >= 4 is 23.4 Å². The summed E-state index contributed by atoms with van der Waals surface area (Å²) in [5.74, 6) is 0.00620. The van der Waals surface area contributed by atoms with Crippen molar-refractivity contribution in [2.75, 3.05) is 5.32 Å². The molecule has 1 saturated carbocycles. The Labute approximate surface area is 119 Å². The molecule has 0 unspecified atom stereocenters. The summed E-state index contributed by atoms with van der Waals surface area (Å²) in [6, 6.07) is 8.08. The van der Waals surface area contributed by atoms with Gasteiger partial charge in [-0.05, 0) is 25.0 Å². The third-order valence-corrected chi connectivity index (χ3v) is 4.75. The number of hydrogen-bond donors (Lipinski definition) is 1. The molecule has 19 heavy (non-hydrogen) atoms. The highest BCUT2D eigenvalue weighted by molar-refractivity contribution is 8.00. The van der Waals surface area contributed by atoms with Gasteiger partial charge in [-0.2, -0.15) is 0 Å². The van der Waals surface area contributed by atoms with Gasteiger partial charge < -0.3 is 5.32 Å². The maximum atomic E-state index is 11.7. The number of benzene rings is 1. The lowest BCUT2D eigenvalue weighted by atomic mass is 10.0. The molecule has 1 aliphatic rings. The van der Waals surface area contributed by atoms with Crippen molar-refractivity contribution in [3.8, 4) is 0 Å². The van der Waals surface area contributed by atoms with Crippen molar-refractivity contribution in [1.82, 2.24) is 0 Å². The van der Waals surface area contributed by atoms with Gasteiger partial charge in [0.2, 0.25) is 5.91 Å². The molecule has 1 aromatic carbocycles. The average Bonchev–Trinajstić information content (AvgIpc) is 2.42. The molecule has 1 aliphatic carbocycles. The highest BCUT2D eigenvalue weighted by Gasteiger charge is 2.16. The van der Waals surface area contributed by atoms with Crippen molar-refractivity contribution in [3.05, 3.63) is 36.9 Å². The zero-order chi connectivity index (χ0) is 13.5. The Bertz CT molecular complexity index is 438. The number of nitrogens with one attached hydrogen (secondary N) is 1. The first-order valence-corrected chi connectivity index (χ1v) is 7.84. The maximum Gasteiger partial charge on any atom is 0.228 e. The van der Waals surface area contributed by atoms with Crippen molar-refractivity contribution in [1.29, 1.82) is 0 Å². The quantitative estimate of drug-likeness (QED) is 0.794. The minimum absolute atomic E-state index is 0.00620. The van der Waals surface area contributed by atoms with E-state index < -0.39 is 0 Å². The fourth-order valence-corrected chi connectivity index (χ4v) is 3.70. The van der Waals surface area contributed by atoms with Crippen LogP contribution in [0, 0.1) is 0 Å². The Morgan fingerprint density at radius 2 is 2.05 bits per heavy atom. The number of carbonyl (C=O) groups excluding carboxylic acids is 1. The van der Waals surface area contributed by atoms with Gasteiger partial charge in [-0.3, -0.25) is 4.79 Å². The number of anilines is 1. The smallest absolute Gasteiger partial charge is 0.228 e. The van der Waals surface area contributed by atoms with Gasteiger partial charge in [0.25, 0.3) is 0 Å². The van der Waals surface area contributed by atoms with Gasteiger partial charge in [-0.25, -0.2) is 0 Å². The SMILES string of the molecule is C=CCC(=O)Nc1ccccc1SC1CCCCC1. The van der Waals surface area contributed by atoms with Crippen molar-refractivity contribution in [2.45, 2.75) is 48.7 Å². The summed E-state index contributed by atoms with van der Waals surface area (Å²) in [4.78, 5) is 12.9. The van der Waals surface area contributed by atoms with Gasteiger partial charge in [-0.1, -0.05) is 37.5 Å². The van der Waals surface area contributed by atoms with Gasteiger partial charge in [-0.15, -0.1) is 18.3 Å². The maximum absolute atomic E-state index is 11.7. The van der Waals surface area contributed by atoms with Crippen molar-refractivity contribution < 1.29 is 4.79 Å². The molecule has 0 aromatic heterocycles. The molecule has 102 valence electrons. The number of thioether (sulfide) groups is 1. The Morgan fingerprint density at radius 1 is 1.32 bits per heavy atom. The summed E-state index contributed by atoms with van der Waals surface area (Å²) in [6.45, 7) is 3.59. The van der Waals surface area contributed by atoms with E-state index >= 15 is 0 Å². The average molecular weight is 275 g/mol. The second-order valence-corrected chi connectivity index (χ2v) is 6.26. The van der Waals surface area contributed by atoms with Crippen LogP contribution in [-0.2, 0) is 4.79 Å². The van der Waals surface area contributed by atoms with Crippen LogP contribution in [0.15, 0.2) is 41.8 Å². The molecule has 0 aliphatic heterocycles. The largest absolute Gasteiger partial charge is 0.325 e. The van der Waals surface area contributed by atoms with Crippen LogP contribution in [-0.4, -0.2) is 11.2 Å². The van der Waals surface area contributed by atoms with Crippen molar-refractivity contribution in [2.24, 2.45) is 0 Å². The van der Waals surface area contributed by atoms with E-state index in [1.54, 1.807) is 6.08 Å². The summed E-state index contributed by atoms with van der Waals surface area (Å²) in [6.07, 6.45) is 8.62.